The van der Waals surface area contributed by atoms with Gasteiger partial charge in [0.25, 0.3) is 0 Å². The van der Waals surface area contributed by atoms with Gasteiger partial charge in [-0.3, -0.25) is 0 Å². The zero-order valence-corrected chi connectivity index (χ0v) is 17.4. The van der Waals surface area contributed by atoms with Crippen molar-refractivity contribution >= 4 is 16.0 Å². The van der Waals surface area contributed by atoms with Crippen LogP contribution < -0.4 is 0 Å². The van der Waals surface area contributed by atoms with Crippen molar-refractivity contribution in [3.05, 3.63) is 58.9 Å². The number of carboxylic acid groups (broad SMARTS) is 1. The number of rotatable bonds is 7. The third kappa shape index (κ3) is 6.52. The van der Waals surface area contributed by atoms with Gasteiger partial charge in [-0.2, -0.15) is 4.31 Å². The van der Waals surface area contributed by atoms with Crippen molar-refractivity contribution in [3.8, 4) is 0 Å². The molecule has 0 heterocycles. The third-order valence-corrected chi connectivity index (χ3v) is 6.14. The Hall–Kier alpha value is -2.12. The van der Waals surface area contributed by atoms with Gasteiger partial charge in [-0.05, 0) is 39.2 Å². The van der Waals surface area contributed by atoms with Crippen molar-refractivity contribution in [3.63, 3.8) is 0 Å². The number of carbonyl (C=O) groups is 1. The van der Waals surface area contributed by atoms with Crippen LogP contribution in [0.3, 0.4) is 0 Å². The molecule has 150 valence electrons. The summed E-state index contributed by atoms with van der Waals surface area (Å²) in [6.45, 7) is 5.39. The number of likely N-dealkylation sites (N-methyl/N-ethyl adjacent to an activating group) is 1. The lowest BCUT2D eigenvalue weighted by Gasteiger charge is -2.41. The highest BCUT2D eigenvalue weighted by Gasteiger charge is 2.40. The second-order valence-corrected chi connectivity index (χ2v) is 9.06. The molecule has 0 aromatic carbocycles. The van der Waals surface area contributed by atoms with Gasteiger partial charge in [0, 0.05) is 25.1 Å². The van der Waals surface area contributed by atoms with Crippen molar-refractivity contribution in [2.45, 2.75) is 45.6 Å². The molecule has 0 aromatic rings. The Bertz CT molecular complexity index is 830. The van der Waals surface area contributed by atoms with Crippen LogP contribution in [0.25, 0.3) is 0 Å². The van der Waals surface area contributed by atoms with Crippen LogP contribution in [-0.2, 0) is 14.8 Å². The second-order valence-electron chi connectivity index (χ2n) is 7.05. The summed E-state index contributed by atoms with van der Waals surface area (Å²) in [4.78, 5) is 10.6. The molecule has 0 fully saturated rings. The molecule has 0 spiro atoms. The molecule has 0 aromatic heterocycles. The smallest absolute Gasteiger partial charge is 0.328 e. The molecule has 1 aliphatic rings. The SMILES string of the molecule is CC(/C=C/C1=C(O)CCC[C@@]1(C)N(C)S(C)(=O)=O)=C\C=C\C(C)=C\C(=O)O. The lowest BCUT2D eigenvalue weighted by atomic mass is 9.80. The molecule has 1 rings (SSSR count). The van der Waals surface area contributed by atoms with E-state index in [9.17, 15) is 18.3 Å². The van der Waals surface area contributed by atoms with Crippen LogP contribution in [-0.4, -0.2) is 47.7 Å². The Kier molecular flexibility index (Phi) is 7.80. The van der Waals surface area contributed by atoms with Gasteiger partial charge < -0.3 is 10.2 Å². The molecule has 0 saturated heterocycles. The van der Waals surface area contributed by atoms with Gasteiger partial charge in [0.2, 0.25) is 10.0 Å². The van der Waals surface area contributed by atoms with Crippen molar-refractivity contribution < 1.29 is 23.4 Å². The lowest BCUT2D eigenvalue weighted by molar-refractivity contribution is -0.131. The first-order valence-corrected chi connectivity index (χ1v) is 10.5. The van der Waals surface area contributed by atoms with Gasteiger partial charge in [-0.1, -0.05) is 36.0 Å². The molecule has 2 N–H and O–H groups in total. The van der Waals surface area contributed by atoms with Crippen LogP contribution in [0, 0.1) is 0 Å². The summed E-state index contributed by atoms with van der Waals surface area (Å²) in [7, 11) is -1.88. The molecule has 0 aliphatic heterocycles. The lowest BCUT2D eigenvalue weighted by Crippen LogP contribution is -2.49. The first kappa shape index (κ1) is 22.9. The maximum Gasteiger partial charge on any atom is 0.328 e. The van der Waals surface area contributed by atoms with E-state index in [1.165, 1.54) is 11.4 Å². The predicted molar refractivity (Wildman–Crippen MR) is 108 cm³/mol. The minimum Gasteiger partial charge on any atom is -0.512 e. The van der Waals surface area contributed by atoms with Crippen molar-refractivity contribution in [1.82, 2.24) is 4.31 Å². The summed E-state index contributed by atoms with van der Waals surface area (Å²) < 4.78 is 25.4. The van der Waals surface area contributed by atoms with E-state index in [4.69, 9.17) is 5.11 Å². The highest BCUT2D eigenvalue weighted by Crippen LogP contribution is 2.38. The summed E-state index contributed by atoms with van der Waals surface area (Å²) in [5.74, 6) is -0.786. The quantitative estimate of drug-likeness (QED) is 0.506. The zero-order chi connectivity index (χ0) is 20.8. The number of hydrogen-bond donors (Lipinski definition) is 2. The first-order chi connectivity index (χ1) is 12.4. The van der Waals surface area contributed by atoms with Crippen LogP contribution in [0.5, 0.6) is 0 Å². The van der Waals surface area contributed by atoms with Crippen molar-refractivity contribution in [1.29, 1.82) is 0 Å². The molecule has 0 amide bonds. The van der Waals surface area contributed by atoms with E-state index in [2.05, 4.69) is 0 Å². The Balaban J connectivity index is 3.10. The van der Waals surface area contributed by atoms with E-state index < -0.39 is 21.5 Å². The summed E-state index contributed by atoms with van der Waals surface area (Å²) in [5, 5.41) is 19.1. The van der Waals surface area contributed by atoms with E-state index in [1.807, 2.05) is 26.0 Å². The Morgan fingerprint density at radius 1 is 1.22 bits per heavy atom. The molecule has 0 saturated carbocycles. The number of aliphatic hydroxyl groups excluding tert-OH is 1. The average Bonchev–Trinajstić information content (AvgIpc) is 2.52. The van der Waals surface area contributed by atoms with Gasteiger partial charge in [-0.15, -0.1) is 0 Å². The topological polar surface area (TPSA) is 94.9 Å². The predicted octanol–water partition coefficient (Wildman–Crippen LogP) is 3.72. The van der Waals surface area contributed by atoms with Gasteiger partial charge >= 0.3 is 5.97 Å². The van der Waals surface area contributed by atoms with E-state index >= 15 is 0 Å². The molecule has 27 heavy (non-hydrogen) atoms. The van der Waals surface area contributed by atoms with Crippen LogP contribution in [0.15, 0.2) is 58.9 Å². The Labute approximate surface area is 161 Å². The van der Waals surface area contributed by atoms with Crippen molar-refractivity contribution in [2.24, 2.45) is 0 Å². The van der Waals surface area contributed by atoms with E-state index in [1.54, 1.807) is 25.2 Å². The molecular formula is C20H29NO5S. The second kappa shape index (κ2) is 9.19. The maximum atomic E-state index is 12.0. The van der Waals surface area contributed by atoms with Gasteiger partial charge in [0.1, 0.15) is 0 Å². The summed E-state index contributed by atoms with van der Waals surface area (Å²) >= 11 is 0. The zero-order valence-electron chi connectivity index (χ0n) is 16.6. The fourth-order valence-electron chi connectivity index (χ4n) is 3.01. The molecule has 1 aliphatic carbocycles. The van der Waals surface area contributed by atoms with Gasteiger partial charge in [-0.25, -0.2) is 13.2 Å². The number of aliphatic carboxylic acids is 1. The first-order valence-electron chi connectivity index (χ1n) is 8.69. The number of hydrogen-bond acceptors (Lipinski definition) is 4. The van der Waals surface area contributed by atoms with E-state index in [-0.39, 0.29) is 5.76 Å². The van der Waals surface area contributed by atoms with Crippen LogP contribution in [0.2, 0.25) is 0 Å². The van der Waals surface area contributed by atoms with Gasteiger partial charge in [0.05, 0.1) is 17.6 Å². The molecule has 0 radical (unpaired) electrons. The van der Waals surface area contributed by atoms with Crippen LogP contribution >= 0.6 is 0 Å². The molecule has 7 heteroatoms. The summed E-state index contributed by atoms with van der Waals surface area (Å²) in [5.41, 5.74) is 1.29. The summed E-state index contributed by atoms with van der Waals surface area (Å²) in [6.07, 6.45) is 13.0. The molecule has 0 bridgehead atoms. The number of allylic oxidation sites excluding steroid dienone is 7. The molecular weight excluding hydrogens is 366 g/mol. The third-order valence-electron chi connectivity index (χ3n) is 4.74. The van der Waals surface area contributed by atoms with E-state index in [0.717, 1.165) is 17.9 Å². The molecule has 1 atom stereocenters. The number of nitrogens with zero attached hydrogens (tertiary/aromatic N) is 1. The monoisotopic (exact) mass is 395 g/mol. The minimum absolute atomic E-state index is 0.207. The standard InChI is InChI=1S/C20H29NO5S/c1-15(8-6-9-16(2)14-19(23)24)11-12-17-18(22)10-7-13-20(17,3)21(4)27(5,25)26/h6,8-9,11-12,14,22H,7,10,13H2,1-5H3,(H,23,24)/b9-6+,12-11+,15-8+,16-14+/t20-/m1/s1. The summed E-state index contributed by atoms with van der Waals surface area (Å²) in [6, 6.07) is 0. The Morgan fingerprint density at radius 2 is 1.85 bits per heavy atom. The largest absolute Gasteiger partial charge is 0.512 e. The number of carboxylic acids is 1. The van der Waals surface area contributed by atoms with Crippen molar-refractivity contribution in [2.75, 3.05) is 13.3 Å². The highest BCUT2D eigenvalue weighted by atomic mass is 32.2. The molecule has 6 nitrogen and oxygen atoms in total. The minimum atomic E-state index is -3.42. The fraction of sp³-hybridized carbons (Fsp3) is 0.450. The van der Waals surface area contributed by atoms with Crippen LogP contribution in [0.1, 0.15) is 40.0 Å². The fourth-order valence-corrected chi connectivity index (χ4v) is 3.94. The van der Waals surface area contributed by atoms with Crippen LogP contribution in [0.4, 0.5) is 0 Å². The van der Waals surface area contributed by atoms with Gasteiger partial charge in [0.15, 0.2) is 0 Å². The number of aliphatic hydroxyl groups is 1. The van der Waals surface area contributed by atoms with E-state index in [0.29, 0.717) is 30.4 Å². The Morgan fingerprint density at radius 3 is 2.41 bits per heavy atom. The highest BCUT2D eigenvalue weighted by molar-refractivity contribution is 7.88. The molecule has 0 unspecified atom stereocenters. The number of sulfonamides is 1. The average molecular weight is 396 g/mol. The maximum absolute atomic E-state index is 12.0. The normalized spacial score (nSPS) is 23.0.